The van der Waals surface area contributed by atoms with E-state index >= 15 is 0 Å². The number of thiophene rings is 1. The molecule has 1 aliphatic heterocycles. The molecule has 0 spiro atoms. The molecule has 106 valence electrons. The highest BCUT2D eigenvalue weighted by Gasteiger charge is 2.39. The molecule has 20 heavy (non-hydrogen) atoms. The lowest BCUT2D eigenvalue weighted by Crippen LogP contribution is -2.32. The van der Waals surface area contributed by atoms with Gasteiger partial charge in [0.1, 0.15) is 5.69 Å². The Bertz CT molecular complexity index is 604. The Kier molecular flexibility index (Phi) is 3.28. The molecular weight excluding hydrogens is 292 g/mol. The van der Waals surface area contributed by atoms with Gasteiger partial charge in [0.05, 0.1) is 22.6 Å². The molecule has 2 atom stereocenters. The van der Waals surface area contributed by atoms with Crippen molar-refractivity contribution in [3.63, 3.8) is 0 Å². The summed E-state index contributed by atoms with van der Waals surface area (Å²) in [4.78, 5) is 1.08. The normalized spacial score (nSPS) is 26.2. The highest BCUT2D eigenvalue weighted by Crippen LogP contribution is 2.42. The van der Waals surface area contributed by atoms with Crippen LogP contribution in [0, 0.1) is 11.8 Å². The molecule has 1 N–H and O–H groups in total. The van der Waals surface area contributed by atoms with Gasteiger partial charge in [0, 0.05) is 11.4 Å². The lowest BCUT2D eigenvalue weighted by atomic mass is 9.95. The van der Waals surface area contributed by atoms with E-state index in [2.05, 4.69) is 15.6 Å². The van der Waals surface area contributed by atoms with Crippen molar-refractivity contribution < 1.29 is 0 Å². The highest BCUT2D eigenvalue weighted by atomic mass is 35.5. The Hall–Kier alpha value is -0.910. The van der Waals surface area contributed by atoms with Crippen LogP contribution in [0.25, 0.3) is 10.6 Å². The van der Waals surface area contributed by atoms with Crippen LogP contribution in [-0.4, -0.2) is 27.6 Å². The molecule has 2 aromatic rings. The van der Waals surface area contributed by atoms with E-state index in [9.17, 15) is 0 Å². The fourth-order valence-corrected chi connectivity index (χ4v) is 4.25. The van der Waals surface area contributed by atoms with Gasteiger partial charge in [-0.3, -0.25) is 4.68 Å². The zero-order chi connectivity index (χ0) is 13.5. The largest absolute Gasteiger partial charge is 0.312 e. The van der Waals surface area contributed by atoms with Gasteiger partial charge in [-0.05, 0) is 43.7 Å². The molecule has 0 bridgehead atoms. The van der Waals surface area contributed by atoms with Gasteiger partial charge in [-0.2, -0.15) is 0 Å². The van der Waals surface area contributed by atoms with Crippen LogP contribution in [0.5, 0.6) is 0 Å². The molecule has 2 fully saturated rings. The van der Waals surface area contributed by atoms with E-state index in [-0.39, 0.29) is 0 Å². The fourth-order valence-electron chi connectivity index (χ4n) is 3.23. The Morgan fingerprint density at radius 3 is 3.05 bits per heavy atom. The van der Waals surface area contributed by atoms with E-state index in [1.807, 2.05) is 22.3 Å². The number of hydrogen-bond donors (Lipinski definition) is 1. The molecule has 1 saturated heterocycles. The summed E-state index contributed by atoms with van der Waals surface area (Å²) in [6.45, 7) is 2.07. The maximum Gasteiger partial charge on any atom is 0.123 e. The van der Waals surface area contributed by atoms with Crippen LogP contribution in [-0.2, 0) is 6.54 Å². The summed E-state index contributed by atoms with van der Waals surface area (Å²) >= 11 is 7.57. The van der Waals surface area contributed by atoms with Crippen molar-refractivity contribution in [2.45, 2.75) is 31.8 Å². The predicted molar refractivity (Wildman–Crippen MR) is 81.0 cm³/mol. The summed E-state index contributed by atoms with van der Waals surface area (Å²) in [5.41, 5.74) is 0.919. The molecule has 6 heteroatoms. The van der Waals surface area contributed by atoms with Crippen LogP contribution in [0.3, 0.4) is 0 Å². The molecule has 1 aliphatic carbocycles. The van der Waals surface area contributed by atoms with Crippen molar-refractivity contribution in [3.8, 4) is 10.6 Å². The van der Waals surface area contributed by atoms with Gasteiger partial charge in [0.2, 0.25) is 0 Å². The highest BCUT2D eigenvalue weighted by molar-refractivity contribution is 7.14. The van der Waals surface area contributed by atoms with Crippen molar-refractivity contribution in [2.24, 2.45) is 11.8 Å². The molecule has 2 unspecified atom stereocenters. The Balaban J connectivity index is 1.48. The average Bonchev–Trinajstić information content (AvgIpc) is 2.87. The van der Waals surface area contributed by atoms with Gasteiger partial charge in [0.15, 0.2) is 0 Å². The van der Waals surface area contributed by atoms with Gasteiger partial charge in [-0.25, -0.2) is 0 Å². The third kappa shape index (κ3) is 2.50. The van der Waals surface area contributed by atoms with E-state index in [0.717, 1.165) is 40.5 Å². The second-order valence-electron chi connectivity index (χ2n) is 5.81. The van der Waals surface area contributed by atoms with Crippen LogP contribution >= 0.6 is 22.9 Å². The maximum atomic E-state index is 5.96. The average molecular weight is 309 g/mol. The summed E-state index contributed by atoms with van der Waals surface area (Å²) in [7, 11) is 0. The molecule has 2 aliphatic rings. The molecule has 0 aromatic carbocycles. The summed E-state index contributed by atoms with van der Waals surface area (Å²) in [5, 5.41) is 14.9. The second kappa shape index (κ2) is 5.13. The number of hydrogen-bond acceptors (Lipinski definition) is 4. The van der Waals surface area contributed by atoms with Crippen LogP contribution in [0.4, 0.5) is 0 Å². The Morgan fingerprint density at radius 2 is 2.30 bits per heavy atom. The zero-order valence-corrected chi connectivity index (χ0v) is 12.7. The molecule has 3 heterocycles. The topological polar surface area (TPSA) is 42.7 Å². The van der Waals surface area contributed by atoms with Gasteiger partial charge in [-0.15, -0.1) is 16.4 Å². The fraction of sp³-hybridized carbons (Fsp3) is 0.571. The number of aromatic nitrogens is 3. The van der Waals surface area contributed by atoms with E-state index in [0.29, 0.717) is 6.04 Å². The minimum atomic E-state index is 0.559. The van der Waals surface area contributed by atoms with Crippen molar-refractivity contribution >= 4 is 22.9 Å². The maximum absolute atomic E-state index is 5.96. The van der Waals surface area contributed by atoms with Gasteiger partial charge >= 0.3 is 0 Å². The number of halogens is 1. The first-order valence-electron chi connectivity index (χ1n) is 7.17. The third-order valence-electron chi connectivity index (χ3n) is 4.37. The molecule has 2 aromatic heterocycles. The molecule has 1 saturated carbocycles. The lowest BCUT2D eigenvalue weighted by molar-refractivity contribution is 0.347. The van der Waals surface area contributed by atoms with Gasteiger partial charge in [0.25, 0.3) is 0 Å². The third-order valence-corrected chi connectivity index (χ3v) is 5.67. The second-order valence-corrected chi connectivity index (χ2v) is 7.15. The van der Waals surface area contributed by atoms with Crippen LogP contribution in [0.2, 0.25) is 5.02 Å². The van der Waals surface area contributed by atoms with Crippen molar-refractivity contribution in [2.75, 3.05) is 6.54 Å². The van der Waals surface area contributed by atoms with E-state index in [1.54, 1.807) is 11.3 Å². The monoisotopic (exact) mass is 308 g/mol. The minimum absolute atomic E-state index is 0.559. The minimum Gasteiger partial charge on any atom is -0.312 e. The first kappa shape index (κ1) is 12.8. The molecule has 0 radical (unpaired) electrons. The van der Waals surface area contributed by atoms with Crippen LogP contribution < -0.4 is 5.32 Å². The number of nitrogens with one attached hydrogen (secondary N) is 1. The van der Waals surface area contributed by atoms with Crippen molar-refractivity contribution in [1.29, 1.82) is 0 Å². The van der Waals surface area contributed by atoms with E-state index in [4.69, 9.17) is 11.6 Å². The smallest absolute Gasteiger partial charge is 0.123 e. The Morgan fingerprint density at radius 1 is 1.40 bits per heavy atom. The van der Waals surface area contributed by atoms with Gasteiger partial charge in [-0.1, -0.05) is 16.8 Å². The first-order chi connectivity index (χ1) is 9.79. The summed E-state index contributed by atoms with van der Waals surface area (Å²) in [6, 6.07) is 2.51. The van der Waals surface area contributed by atoms with Gasteiger partial charge < -0.3 is 5.32 Å². The first-order valence-corrected chi connectivity index (χ1v) is 8.43. The lowest BCUT2D eigenvalue weighted by Gasteiger charge is -2.18. The molecular formula is C14H17ClN4S. The SMILES string of the molecule is Clc1csc(-c2cn(CC3NCCC3C3CC3)nn2)c1. The van der Waals surface area contributed by atoms with E-state index in [1.165, 1.54) is 19.3 Å². The Labute approximate surface area is 127 Å². The van der Waals surface area contributed by atoms with Crippen molar-refractivity contribution in [3.05, 3.63) is 22.7 Å². The molecule has 4 rings (SSSR count). The number of nitrogens with zero attached hydrogens (tertiary/aromatic N) is 3. The summed E-state index contributed by atoms with van der Waals surface area (Å²) in [6.07, 6.45) is 6.18. The summed E-state index contributed by atoms with van der Waals surface area (Å²) < 4.78 is 1.97. The standard InChI is InChI=1S/C14H17ClN4S/c15-10-5-14(20-8-10)13-7-19(18-17-13)6-12-11(3-4-16-12)9-1-2-9/h5,7-9,11-12,16H,1-4,6H2. The quantitative estimate of drug-likeness (QED) is 0.944. The zero-order valence-electron chi connectivity index (χ0n) is 11.1. The van der Waals surface area contributed by atoms with Crippen molar-refractivity contribution in [1.82, 2.24) is 20.3 Å². The predicted octanol–water partition coefficient (Wildman–Crippen LogP) is 3.05. The van der Waals surface area contributed by atoms with Crippen LogP contribution in [0.1, 0.15) is 19.3 Å². The van der Waals surface area contributed by atoms with Crippen LogP contribution in [0.15, 0.2) is 17.6 Å². The van der Waals surface area contributed by atoms with E-state index < -0.39 is 0 Å². The number of rotatable bonds is 4. The molecule has 4 nitrogen and oxygen atoms in total. The summed E-state index contributed by atoms with van der Waals surface area (Å²) in [5.74, 6) is 1.79. The molecule has 0 amide bonds.